The molecule has 160 valence electrons. The van der Waals surface area contributed by atoms with Crippen LogP contribution in [0.2, 0.25) is 0 Å². The van der Waals surface area contributed by atoms with E-state index in [-0.39, 0.29) is 17.2 Å². The molecule has 1 unspecified atom stereocenters. The smallest absolute Gasteiger partial charge is 0.490 e. The third-order valence-corrected chi connectivity index (χ3v) is 5.12. The number of anilines is 1. The number of halogens is 3. The van der Waals surface area contributed by atoms with Crippen LogP contribution in [0.15, 0.2) is 42.7 Å². The van der Waals surface area contributed by atoms with Gasteiger partial charge in [-0.1, -0.05) is 6.07 Å². The monoisotopic (exact) mass is 424 g/mol. The Kier molecular flexibility index (Phi) is 5.81. The maximum Gasteiger partial charge on any atom is 0.490 e. The lowest BCUT2D eigenvalue weighted by molar-refractivity contribution is -0.192. The summed E-state index contributed by atoms with van der Waals surface area (Å²) in [6.45, 7) is 2.33. The Hall–Kier alpha value is -3.37. The Labute approximate surface area is 169 Å². The number of rotatable bonds is 2. The van der Waals surface area contributed by atoms with Gasteiger partial charge in [-0.2, -0.15) is 13.2 Å². The van der Waals surface area contributed by atoms with Crippen LogP contribution in [-0.2, 0) is 4.79 Å². The van der Waals surface area contributed by atoms with Crippen LogP contribution in [0.25, 0.3) is 0 Å². The zero-order valence-electron chi connectivity index (χ0n) is 15.7. The first kappa shape index (κ1) is 21.3. The number of aromatic hydroxyl groups is 1. The largest absolute Gasteiger partial charge is 0.508 e. The van der Waals surface area contributed by atoms with Gasteiger partial charge in [-0.15, -0.1) is 0 Å². The molecule has 4 rings (SSSR count). The highest BCUT2D eigenvalue weighted by molar-refractivity contribution is 5.95. The van der Waals surface area contributed by atoms with Crippen LogP contribution in [0.4, 0.5) is 19.1 Å². The van der Waals surface area contributed by atoms with Crippen molar-refractivity contribution in [2.75, 3.05) is 24.5 Å². The predicted molar refractivity (Wildman–Crippen MR) is 99.0 cm³/mol. The summed E-state index contributed by atoms with van der Waals surface area (Å²) in [4.78, 5) is 34.3. The molecule has 2 aliphatic rings. The number of carbonyl (C=O) groups is 2. The predicted octanol–water partition coefficient (Wildman–Crippen LogP) is 2.31. The Morgan fingerprint density at radius 2 is 1.70 bits per heavy atom. The van der Waals surface area contributed by atoms with Gasteiger partial charge < -0.3 is 20.0 Å². The fraction of sp³-hybridized carbons (Fsp3) is 0.368. The molecule has 11 heteroatoms. The average Bonchev–Trinajstić information content (AvgIpc) is 3.15. The molecule has 1 atom stereocenters. The van der Waals surface area contributed by atoms with Crippen molar-refractivity contribution in [1.82, 2.24) is 14.9 Å². The SMILES string of the molecule is O=C(O)C(F)(F)F.O=C(c1cccc(O)c1)N1CCC2(CCN2c2ncccn2)C1. The summed E-state index contributed by atoms with van der Waals surface area (Å²) in [5.74, 6) is -1.93. The molecule has 8 nitrogen and oxygen atoms in total. The molecule has 0 radical (unpaired) electrons. The van der Waals surface area contributed by atoms with Crippen LogP contribution in [0.5, 0.6) is 5.75 Å². The van der Waals surface area contributed by atoms with Crippen LogP contribution in [0.3, 0.4) is 0 Å². The Balaban J connectivity index is 0.000000318. The number of carboxylic acids is 1. The number of aliphatic carboxylic acids is 1. The van der Waals surface area contributed by atoms with Crippen LogP contribution in [-0.4, -0.2) is 68.3 Å². The number of alkyl halides is 3. The van der Waals surface area contributed by atoms with Gasteiger partial charge in [0, 0.05) is 37.6 Å². The van der Waals surface area contributed by atoms with Crippen molar-refractivity contribution in [1.29, 1.82) is 0 Å². The molecule has 1 spiro atoms. The molecular formula is C19H19F3N4O4. The van der Waals surface area contributed by atoms with Gasteiger partial charge >= 0.3 is 12.1 Å². The van der Waals surface area contributed by atoms with Crippen molar-refractivity contribution >= 4 is 17.8 Å². The lowest BCUT2D eigenvalue weighted by atomic mass is 9.84. The summed E-state index contributed by atoms with van der Waals surface area (Å²) in [5.41, 5.74) is 0.497. The van der Waals surface area contributed by atoms with E-state index in [2.05, 4.69) is 14.9 Å². The molecular weight excluding hydrogens is 405 g/mol. The molecule has 30 heavy (non-hydrogen) atoms. The van der Waals surface area contributed by atoms with Gasteiger partial charge in [0.15, 0.2) is 0 Å². The van der Waals surface area contributed by atoms with Crippen LogP contribution in [0, 0.1) is 0 Å². The molecule has 1 aromatic carbocycles. The summed E-state index contributed by atoms with van der Waals surface area (Å²) >= 11 is 0. The Morgan fingerprint density at radius 3 is 2.23 bits per heavy atom. The second-order valence-electron chi connectivity index (χ2n) is 7.00. The summed E-state index contributed by atoms with van der Waals surface area (Å²) in [6.07, 6.45) is 0.392. The fourth-order valence-electron chi connectivity index (χ4n) is 3.56. The molecule has 2 aliphatic heterocycles. The number of benzene rings is 1. The number of phenolic OH excluding ortho intramolecular Hbond substituents is 1. The summed E-state index contributed by atoms with van der Waals surface area (Å²) in [7, 11) is 0. The van der Waals surface area contributed by atoms with E-state index in [1.807, 2.05) is 11.0 Å². The minimum atomic E-state index is -5.08. The highest BCUT2D eigenvalue weighted by atomic mass is 19.4. The van der Waals surface area contributed by atoms with Crippen molar-refractivity contribution < 1.29 is 33.0 Å². The highest BCUT2D eigenvalue weighted by Crippen LogP contribution is 2.41. The van der Waals surface area contributed by atoms with Gasteiger partial charge in [0.2, 0.25) is 5.95 Å². The Morgan fingerprint density at radius 1 is 1.07 bits per heavy atom. The zero-order valence-corrected chi connectivity index (χ0v) is 15.7. The first-order valence-corrected chi connectivity index (χ1v) is 9.05. The first-order chi connectivity index (χ1) is 14.1. The third kappa shape index (κ3) is 4.44. The van der Waals surface area contributed by atoms with E-state index in [1.165, 1.54) is 6.07 Å². The molecule has 1 amide bonds. The van der Waals surface area contributed by atoms with Crippen molar-refractivity contribution in [2.24, 2.45) is 0 Å². The Bertz CT molecular complexity index is 925. The molecule has 3 heterocycles. The standard InChI is InChI=1S/C17H18N4O2.C2HF3O2/c22-14-4-1-3-13(11-14)15(23)20-9-5-17(12-20)6-10-21(17)16-18-7-2-8-19-16;3-2(4,5)1(6)7/h1-4,7-8,11,22H,5-6,9-10,12H2;(H,6,7). The van der Waals surface area contributed by atoms with Gasteiger partial charge in [0.1, 0.15) is 5.75 Å². The number of hydrogen-bond acceptors (Lipinski definition) is 6. The zero-order chi connectivity index (χ0) is 21.9. The second kappa shape index (κ2) is 8.17. The third-order valence-electron chi connectivity index (χ3n) is 5.12. The number of aromatic nitrogens is 2. The summed E-state index contributed by atoms with van der Waals surface area (Å²) in [6, 6.07) is 8.34. The minimum Gasteiger partial charge on any atom is -0.508 e. The van der Waals surface area contributed by atoms with E-state index < -0.39 is 12.1 Å². The number of likely N-dealkylation sites (tertiary alicyclic amines) is 1. The average molecular weight is 424 g/mol. The molecule has 2 fully saturated rings. The number of amides is 1. The van der Waals surface area contributed by atoms with Gasteiger partial charge in [-0.05, 0) is 37.1 Å². The summed E-state index contributed by atoms with van der Waals surface area (Å²) < 4.78 is 31.7. The van der Waals surface area contributed by atoms with Gasteiger partial charge in [-0.25, -0.2) is 14.8 Å². The lowest BCUT2D eigenvalue weighted by Crippen LogP contribution is -2.62. The van der Waals surface area contributed by atoms with Crippen molar-refractivity contribution in [3.8, 4) is 5.75 Å². The molecule has 2 N–H and O–H groups in total. The van der Waals surface area contributed by atoms with Crippen LogP contribution < -0.4 is 4.90 Å². The van der Waals surface area contributed by atoms with Gasteiger partial charge in [0.05, 0.1) is 5.54 Å². The normalized spacial score (nSPS) is 20.4. The highest BCUT2D eigenvalue weighted by Gasteiger charge is 2.51. The van der Waals surface area contributed by atoms with E-state index in [0.717, 1.165) is 31.9 Å². The topological polar surface area (TPSA) is 107 Å². The van der Waals surface area contributed by atoms with Gasteiger partial charge in [0.25, 0.3) is 5.91 Å². The molecule has 0 bridgehead atoms. The van der Waals surface area contributed by atoms with E-state index in [9.17, 15) is 23.1 Å². The van der Waals surface area contributed by atoms with Crippen LogP contribution >= 0.6 is 0 Å². The number of phenols is 1. The molecule has 2 aromatic rings. The number of carboxylic acid groups (broad SMARTS) is 1. The molecule has 2 saturated heterocycles. The number of hydrogen-bond donors (Lipinski definition) is 2. The maximum absolute atomic E-state index is 12.6. The molecule has 1 aromatic heterocycles. The van der Waals surface area contributed by atoms with Crippen LogP contribution in [0.1, 0.15) is 23.2 Å². The minimum absolute atomic E-state index is 0.0291. The first-order valence-electron chi connectivity index (χ1n) is 9.05. The van der Waals surface area contributed by atoms with E-state index in [4.69, 9.17) is 9.90 Å². The lowest BCUT2D eigenvalue weighted by Gasteiger charge is -2.50. The van der Waals surface area contributed by atoms with Crippen molar-refractivity contribution in [3.63, 3.8) is 0 Å². The van der Waals surface area contributed by atoms with E-state index in [1.54, 1.807) is 30.6 Å². The fourth-order valence-corrected chi connectivity index (χ4v) is 3.56. The summed E-state index contributed by atoms with van der Waals surface area (Å²) in [5, 5.41) is 16.7. The second-order valence-corrected chi connectivity index (χ2v) is 7.00. The quantitative estimate of drug-likeness (QED) is 0.762. The number of carbonyl (C=O) groups excluding carboxylic acids is 1. The van der Waals surface area contributed by atoms with E-state index in [0.29, 0.717) is 12.1 Å². The van der Waals surface area contributed by atoms with E-state index >= 15 is 0 Å². The van der Waals surface area contributed by atoms with Crippen molar-refractivity contribution in [2.45, 2.75) is 24.6 Å². The van der Waals surface area contributed by atoms with Gasteiger partial charge in [-0.3, -0.25) is 4.79 Å². The molecule has 0 saturated carbocycles. The molecule has 0 aliphatic carbocycles. The maximum atomic E-state index is 12.6. The number of nitrogens with zero attached hydrogens (tertiary/aromatic N) is 4. The van der Waals surface area contributed by atoms with Crippen molar-refractivity contribution in [3.05, 3.63) is 48.3 Å².